The summed E-state index contributed by atoms with van der Waals surface area (Å²) in [6, 6.07) is 0. The van der Waals surface area contributed by atoms with E-state index in [-0.39, 0.29) is 6.15 Å². The van der Waals surface area contributed by atoms with E-state index in [1.807, 2.05) is 0 Å². The van der Waals surface area contributed by atoms with Crippen LogP contribution in [0.2, 0.25) is 0 Å². The minimum absolute atomic E-state index is 0. The molecule has 4 nitrogen and oxygen atoms in total. The molecule has 1 atom stereocenters. The van der Waals surface area contributed by atoms with Crippen LogP contribution < -0.4 is 6.15 Å². The van der Waals surface area contributed by atoms with Crippen LogP contribution in [0.3, 0.4) is 0 Å². The third-order valence-corrected chi connectivity index (χ3v) is 2.48. The molecule has 0 fully saturated rings. The van der Waals surface area contributed by atoms with E-state index in [1.54, 1.807) is 0 Å². The summed E-state index contributed by atoms with van der Waals surface area (Å²) < 4.78 is 137. The first-order valence-corrected chi connectivity index (χ1v) is 5.12. The number of rotatable bonds is 5. The zero-order valence-electron chi connectivity index (χ0n) is 8.44. The molecule has 0 aliphatic heterocycles. The second kappa shape index (κ2) is 5.32. The average molecular weight is 331 g/mol. The number of alkyl halides is 9. The van der Waals surface area contributed by atoms with Crippen molar-refractivity contribution in [2.24, 2.45) is 0 Å². The Morgan fingerprint density at radius 1 is 0.842 bits per heavy atom. The highest BCUT2D eigenvalue weighted by Crippen LogP contribution is 2.51. The Kier molecular flexibility index (Phi) is 5.75. The minimum Gasteiger partial charge on any atom is -0.344 e. The van der Waals surface area contributed by atoms with E-state index in [2.05, 4.69) is 0 Å². The van der Waals surface area contributed by atoms with Crippen molar-refractivity contribution in [1.82, 2.24) is 6.15 Å². The average Bonchev–Trinajstić information content (AvgIpc) is 2.14. The molecule has 0 saturated heterocycles. The maximum absolute atomic E-state index is 12.5. The number of hydrogen-bond donors (Lipinski definition) is 2. The Bertz CT molecular complexity index is 408. The van der Waals surface area contributed by atoms with Gasteiger partial charge < -0.3 is 6.15 Å². The lowest BCUT2D eigenvalue weighted by atomic mass is 10.1. The summed E-state index contributed by atoms with van der Waals surface area (Å²) in [4.78, 5) is 0. The van der Waals surface area contributed by atoms with E-state index in [0.717, 1.165) is 0 Å². The molecular weight excluding hydrogens is 325 g/mol. The minimum atomic E-state index is -7.04. The van der Waals surface area contributed by atoms with E-state index in [4.69, 9.17) is 4.55 Å². The molecule has 1 unspecified atom stereocenters. The first-order valence-electron chi connectivity index (χ1n) is 3.62. The normalized spacial score (nSPS) is 16.2. The van der Waals surface area contributed by atoms with Gasteiger partial charge in [0.2, 0.25) is 0 Å². The first-order chi connectivity index (χ1) is 7.60. The lowest BCUT2D eigenvalue weighted by Gasteiger charge is -2.32. The van der Waals surface area contributed by atoms with E-state index in [9.17, 15) is 47.9 Å². The summed E-state index contributed by atoms with van der Waals surface area (Å²) in [5.74, 6) is -20.5. The van der Waals surface area contributed by atoms with Gasteiger partial charge in [-0.3, -0.25) is 4.55 Å². The smallest absolute Gasteiger partial charge is 0.344 e. The fourth-order valence-electron chi connectivity index (χ4n) is 0.689. The standard InChI is InChI=1S/C5H3F9O3S.H3N/c6-1(7)3(9,10)5(13,14)4(11,12)2(8)18(15,16)17;/h1-2H,(H,15,16,17);1H3. The number of hydrogen-bond acceptors (Lipinski definition) is 3. The van der Waals surface area contributed by atoms with Crippen LogP contribution in [0.5, 0.6) is 0 Å². The van der Waals surface area contributed by atoms with E-state index in [1.165, 1.54) is 0 Å². The van der Waals surface area contributed by atoms with Gasteiger partial charge >= 0.3 is 34.3 Å². The molecule has 0 amide bonds. The van der Waals surface area contributed by atoms with Crippen molar-refractivity contribution in [1.29, 1.82) is 0 Å². The molecule has 0 saturated carbocycles. The SMILES string of the molecule is N.O=S(=O)(O)C(F)C(F)(F)C(F)(F)C(F)(F)C(F)F. The molecule has 0 rings (SSSR count). The molecule has 4 N–H and O–H groups in total. The van der Waals surface area contributed by atoms with Crippen LogP contribution in [-0.2, 0) is 10.1 Å². The highest BCUT2D eigenvalue weighted by atomic mass is 32.2. The summed E-state index contributed by atoms with van der Waals surface area (Å²) in [6.07, 6.45) is -5.31. The molecule has 19 heavy (non-hydrogen) atoms. The van der Waals surface area contributed by atoms with Crippen molar-refractivity contribution in [3.05, 3.63) is 0 Å². The van der Waals surface area contributed by atoms with Gasteiger partial charge in [-0.2, -0.15) is 34.8 Å². The van der Waals surface area contributed by atoms with Gasteiger partial charge in [0.15, 0.2) is 0 Å². The van der Waals surface area contributed by atoms with Crippen LogP contribution in [0.1, 0.15) is 0 Å². The molecule has 0 spiro atoms. The molecule has 0 aromatic heterocycles. The van der Waals surface area contributed by atoms with Gasteiger partial charge in [-0.1, -0.05) is 0 Å². The molecule has 118 valence electrons. The molecule has 0 aromatic carbocycles. The largest absolute Gasteiger partial charge is 0.382 e. The summed E-state index contributed by atoms with van der Waals surface area (Å²) >= 11 is 0. The zero-order valence-corrected chi connectivity index (χ0v) is 9.25. The second-order valence-corrected chi connectivity index (χ2v) is 4.40. The van der Waals surface area contributed by atoms with Crippen molar-refractivity contribution < 1.29 is 52.5 Å². The summed E-state index contributed by atoms with van der Waals surface area (Å²) in [5.41, 5.74) is -5.19. The van der Waals surface area contributed by atoms with Gasteiger partial charge in [-0.25, -0.2) is 13.2 Å². The van der Waals surface area contributed by atoms with Crippen LogP contribution >= 0.6 is 0 Å². The third kappa shape index (κ3) is 3.22. The Morgan fingerprint density at radius 2 is 1.16 bits per heavy atom. The van der Waals surface area contributed by atoms with Crippen LogP contribution in [0, 0.1) is 0 Å². The fraction of sp³-hybridized carbons (Fsp3) is 1.00. The summed E-state index contributed by atoms with van der Waals surface area (Å²) in [6.45, 7) is 0. The molecule has 0 heterocycles. The Morgan fingerprint density at radius 3 is 1.37 bits per heavy atom. The molecule has 0 aliphatic rings. The van der Waals surface area contributed by atoms with Gasteiger partial charge in [-0.15, -0.1) is 0 Å². The summed E-state index contributed by atoms with van der Waals surface area (Å²) in [5, 5.41) is 0. The summed E-state index contributed by atoms with van der Waals surface area (Å²) in [7, 11) is -6.50. The molecule has 0 radical (unpaired) electrons. The molecule has 0 bridgehead atoms. The van der Waals surface area contributed by atoms with Gasteiger partial charge in [-0.05, 0) is 0 Å². The molecule has 0 aromatic rings. The maximum atomic E-state index is 12.5. The van der Waals surface area contributed by atoms with Crippen molar-refractivity contribution in [2.45, 2.75) is 29.7 Å². The van der Waals surface area contributed by atoms with Crippen molar-refractivity contribution in [2.75, 3.05) is 0 Å². The quantitative estimate of drug-likeness (QED) is 0.598. The highest BCUT2D eigenvalue weighted by molar-refractivity contribution is 7.86. The fourth-order valence-corrected chi connectivity index (χ4v) is 1.21. The first kappa shape index (κ1) is 20.6. The van der Waals surface area contributed by atoms with E-state index < -0.39 is 39.8 Å². The molecule has 0 aliphatic carbocycles. The molecular formula is C5H6F9NO3S. The Labute approximate surface area is 99.5 Å². The Hall–Kier alpha value is -0.760. The lowest BCUT2D eigenvalue weighted by molar-refractivity contribution is -0.344. The van der Waals surface area contributed by atoms with Crippen molar-refractivity contribution in [3.63, 3.8) is 0 Å². The lowest BCUT2D eigenvalue weighted by Crippen LogP contribution is -2.62. The van der Waals surface area contributed by atoms with Crippen molar-refractivity contribution >= 4 is 10.1 Å². The predicted molar refractivity (Wildman–Crippen MR) is 42.3 cm³/mol. The van der Waals surface area contributed by atoms with Crippen LogP contribution in [-0.4, -0.2) is 42.7 Å². The van der Waals surface area contributed by atoms with Gasteiger partial charge in [0.1, 0.15) is 0 Å². The monoisotopic (exact) mass is 331 g/mol. The second-order valence-electron chi connectivity index (χ2n) is 2.95. The maximum Gasteiger partial charge on any atom is 0.382 e. The third-order valence-electron chi connectivity index (χ3n) is 1.66. The zero-order chi connectivity index (χ0) is 15.2. The van der Waals surface area contributed by atoms with Crippen LogP contribution in [0.4, 0.5) is 39.5 Å². The van der Waals surface area contributed by atoms with Gasteiger partial charge in [0.25, 0.3) is 5.50 Å². The van der Waals surface area contributed by atoms with Crippen LogP contribution in [0.15, 0.2) is 0 Å². The van der Waals surface area contributed by atoms with Gasteiger partial charge in [0.05, 0.1) is 0 Å². The van der Waals surface area contributed by atoms with E-state index >= 15 is 0 Å². The van der Waals surface area contributed by atoms with Crippen LogP contribution in [0.25, 0.3) is 0 Å². The topological polar surface area (TPSA) is 89.4 Å². The van der Waals surface area contributed by atoms with E-state index in [0.29, 0.717) is 0 Å². The van der Waals surface area contributed by atoms with Crippen molar-refractivity contribution in [3.8, 4) is 0 Å². The van der Waals surface area contributed by atoms with Gasteiger partial charge in [0, 0.05) is 0 Å². The number of halogens is 9. The highest BCUT2D eigenvalue weighted by Gasteiger charge is 2.79. The predicted octanol–water partition coefficient (Wildman–Crippen LogP) is 2.50. The Balaban J connectivity index is 0. The molecule has 14 heteroatoms.